The molecular formula is C29H38FN5O. The molecule has 3 N–H and O–H groups in total. The van der Waals surface area contributed by atoms with Gasteiger partial charge in [0.25, 0.3) is 0 Å². The van der Waals surface area contributed by atoms with Gasteiger partial charge in [-0.15, -0.1) is 0 Å². The van der Waals surface area contributed by atoms with E-state index in [2.05, 4.69) is 45.8 Å². The number of hydrogen-bond donors (Lipinski definition) is 3. The molecule has 3 aromatic rings. The normalized spacial score (nSPS) is 15.6. The molecule has 1 aliphatic heterocycles. The minimum absolute atomic E-state index is 0.238. The molecule has 0 amide bonds. The molecule has 0 spiro atoms. The van der Waals surface area contributed by atoms with Crippen molar-refractivity contribution in [2.45, 2.75) is 53.2 Å². The Morgan fingerprint density at radius 2 is 2.08 bits per heavy atom. The van der Waals surface area contributed by atoms with Crippen LogP contribution in [0.5, 0.6) is 0 Å². The highest BCUT2D eigenvalue weighted by Crippen LogP contribution is 2.32. The first-order chi connectivity index (χ1) is 17.3. The fourth-order valence-electron chi connectivity index (χ4n) is 4.46. The Labute approximate surface area is 214 Å². The van der Waals surface area contributed by atoms with Gasteiger partial charge in [0.15, 0.2) is 0 Å². The zero-order chi connectivity index (χ0) is 26.2. The zero-order valence-corrected chi connectivity index (χ0v) is 22.0. The highest BCUT2D eigenvalue weighted by molar-refractivity contribution is 5.88. The van der Waals surface area contributed by atoms with Crippen molar-refractivity contribution in [1.82, 2.24) is 20.5 Å². The molecule has 36 heavy (non-hydrogen) atoms. The Kier molecular flexibility index (Phi) is 9.56. The molecule has 1 saturated heterocycles. The summed E-state index contributed by atoms with van der Waals surface area (Å²) in [4.78, 5) is 6.66. The SMILES string of the molecule is C=Cc1[nH]nc(-c2ccc(N3CCC(O)C3)nc2)c1/C=C(\C)c1c(C)cc(CNC)cc1F.CCC. The lowest BCUT2D eigenvalue weighted by Crippen LogP contribution is -2.21. The van der Waals surface area contributed by atoms with Crippen molar-refractivity contribution < 1.29 is 9.50 Å². The number of allylic oxidation sites excluding steroid dienone is 1. The van der Waals surface area contributed by atoms with Crippen LogP contribution in [0.2, 0.25) is 0 Å². The van der Waals surface area contributed by atoms with E-state index < -0.39 is 0 Å². The molecule has 3 heterocycles. The average molecular weight is 492 g/mol. The number of H-pyrrole nitrogens is 1. The summed E-state index contributed by atoms with van der Waals surface area (Å²) in [5, 5.41) is 20.4. The predicted octanol–water partition coefficient (Wildman–Crippen LogP) is 5.83. The largest absolute Gasteiger partial charge is 0.391 e. The van der Waals surface area contributed by atoms with E-state index in [9.17, 15) is 9.50 Å². The van der Waals surface area contributed by atoms with Crippen LogP contribution in [0, 0.1) is 12.7 Å². The van der Waals surface area contributed by atoms with Gasteiger partial charge in [-0.05, 0) is 74.4 Å². The number of nitrogens with zero attached hydrogens (tertiary/aromatic N) is 3. The number of aromatic amines is 1. The molecule has 0 bridgehead atoms. The Morgan fingerprint density at radius 3 is 2.64 bits per heavy atom. The summed E-state index contributed by atoms with van der Waals surface area (Å²) < 4.78 is 15.0. The van der Waals surface area contributed by atoms with Crippen LogP contribution in [0.15, 0.2) is 37.0 Å². The summed E-state index contributed by atoms with van der Waals surface area (Å²) in [5.41, 5.74) is 6.39. The van der Waals surface area contributed by atoms with Crippen molar-refractivity contribution in [1.29, 1.82) is 0 Å². The average Bonchev–Trinajstić information content (AvgIpc) is 3.45. The number of benzene rings is 1. The number of aromatic nitrogens is 3. The molecule has 1 unspecified atom stereocenters. The number of β-amino-alcohol motifs (C(OH)–C–C–N with tert-alkyl or cyclic N) is 1. The number of nitrogens with one attached hydrogen (secondary N) is 2. The lowest BCUT2D eigenvalue weighted by Gasteiger charge is -2.16. The van der Waals surface area contributed by atoms with Gasteiger partial charge in [0.05, 0.1) is 11.8 Å². The number of halogens is 1. The van der Waals surface area contributed by atoms with Gasteiger partial charge in [-0.3, -0.25) is 5.10 Å². The monoisotopic (exact) mass is 491 g/mol. The van der Waals surface area contributed by atoms with Crippen LogP contribution in [0.3, 0.4) is 0 Å². The lowest BCUT2D eigenvalue weighted by molar-refractivity contribution is 0.198. The van der Waals surface area contributed by atoms with E-state index in [4.69, 9.17) is 0 Å². The second-order valence-corrected chi connectivity index (χ2v) is 9.23. The second-order valence-electron chi connectivity index (χ2n) is 9.23. The highest BCUT2D eigenvalue weighted by Gasteiger charge is 2.22. The van der Waals surface area contributed by atoms with Crippen molar-refractivity contribution in [2.24, 2.45) is 0 Å². The first-order valence-corrected chi connectivity index (χ1v) is 12.5. The van der Waals surface area contributed by atoms with Gasteiger partial charge < -0.3 is 15.3 Å². The number of anilines is 1. The maximum Gasteiger partial charge on any atom is 0.131 e. The minimum Gasteiger partial charge on any atom is -0.391 e. The van der Waals surface area contributed by atoms with Crippen molar-refractivity contribution in [3.8, 4) is 11.3 Å². The van der Waals surface area contributed by atoms with Gasteiger partial charge in [-0.25, -0.2) is 9.37 Å². The molecule has 1 aliphatic rings. The first kappa shape index (κ1) is 27.3. The Hall–Kier alpha value is -3.29. The van der Waals surface area contributed by atoms with Crippen molar-refractivity contribution >= 4 is 23.5 Å². The predicted molar refractivity (Wildman–Crippen MR) is 148 cm³/mol. The summed E-state index contributed by atoms with van der Waals surface area (Å²) >= 11 is 0. The second kappa shape index (κ2) is 12.6. The molecule has 0 aliphatic carbocycles. The molecule has 6 nitrogen and oxygen atoms in total. The molecule has 7 heteroatoms. The van der Waals surface area contributed by atoms with Crippen LogP contribution in [-0.4, -0.2) is 46.5 Å². The number of rotatable bonds is 7. The number of aliphatic hydroxyl groups is 1. The van der Waals surface area contributed by atoms with Crippen molar-refractivity contribution in [3.05, 3.63) is 70.8 Å². The van der Waals surface area contributed by atoms with Gasteiger partial charge in [-0.1, -0.05) is 32.9 Å². The van der Waals surface area contributed by atoms with E-state index in [0.29, 0.717) is 18.7 Å². The topological polar surface area (TPSA) is 77.1 Å². The molecule has 1 atom stereocenters. The van der Waals surface area contributed by atoms with Crippen LogP contribution < -0.4 is 10.2 Å². The maximum atomic E-state index is 15.0. The fourth-order valence-corrected chi connectivity index (χ4v) is 4.46. The molecule has 4 rings (SSSR count). The summed E-state index contributed by atoms with van der Waals surface area (Å²) in [6.07, 6.45) is 7.15. The van der Waals surface area contributed by atoms with Crippen LogP contribution in [0.25, 0.3) is 29.0 Å². The first-order valence-electron chi connectivity index (χ1n) is 12.5. The Bertz CT molecular complexity index is 1180. The molecular weight excluding hydrogens is 453 g/mol. The van der Waals surface area contributed by atoms with E-state index in [1.165, 1.54) is 6.42 Å². The third-order valence-electron chi connectivity index (χ3n) is 6.03. The number of pyridine rings is 1. The third kappa shape index (κ3) is 6.28. The van der Waals surface area contributed by atoms with Crippen molar-refractivity contribution in [3.63, 3.8) is 0 Å². The standard InChI is InChI=1S/C26H30FN5O.C3H8/c1-5-23-21(11-17(3)25-16(2)10-18(13-28-4)12-22(25)27)26(31-30-23)19-6-7-24(29-14-19)32-9-8-20(33)15-32;1-3-2/h5-7,10-12,14,20,28,33H,1,8-9,13,15H2,2-4H3,(H,30,31);3H2,1-2H3/b17-11+;. The Balaban J connectivity index is 0.00000115. The van der Waals surface area contributed by atoms with E-state index >= 15 is 0 Å². The van der Waals surface area contributed by atoms with Crippen LogP contribution in [0.1, 0.15) is 61.6 Å². The molecule has 2 aromatic heterocycles. The van der Waals surface area contributed by atoms with E-state index in [1.54, 1.807) is 18.3 Å². The van der Waals surface area contributed by atoms with E-state index in [-0.39, 0.29) is 11.9 Å². The lowest BCUT2D eigenvalue weighted by atomic mass is 9.95. The Morgan fingerprint density at radius 1 is 1.33 bits per heavy atom. The molecule has 0 radical (unpaired) electrons. The van der Waals surface area contributed by atoms with Gasteiger partial charge in [0.2, 0.25) is 0 Å². The van der Waals surface area contributed by atoms with Gasteiger partial charge in [0, 0.05) is 42.5 Å². The molecule has 1 fully saturated rings. The third-order valence-corrected chi connectivity index (χ3v) is 6.03. The highest BCUT2D eigenvalue weighted by atomic mass is 19.1. The summed E-state index contributed by atoms with van der Waals surface area (Å²) in [7, 11) is 1.85. The van der Waals surface area contributed by atoms with Gasteiger partial charge in [0.1, 0.15) is 17.3 Å². The van der Waals surface area contributed by atoms with Crippen molar-refractivity contribution in [2.75, 3.05) is 25.0 Å². The summed E-state index contributed by atoms with van der Waals surface area (Å²) in [6.45, 7) is 14.0. The van der Waals surface area contributed by atoms with Crippen LogP contribution in [-0.2, 0) is 6.54 Å². The van der Waals surface area contributed by atoms with Gasteiger partial charge in [-0.2, -0.15) is 5.10 Å². The zero-order valence-electron chi connectivity index (χ0n) is 22.0. The number of aliphatic hydroxyl groups excluding tert-OH is 1. The summed E-state index contributed by atoms with van der Waals surface area (Å²) in [6, 6.07) is 7.51. The van der Waals surface area contributed by atoms with Crippen LogP contribution >= 0.6 is 0 Å². The maximum absolute atomic E-state index is 15.0. The summed E-state index contributed by atoms with van der Waals surface area (Å²) in [5.74, 6) is 0.598. The van der Waals surface area contributed by atoms with Gasteiger partial charge >= 0.3 is 0 Å². The van der Waals surface area contributed by atoms with E-state index in [0.717, 1.165) is 58.0 Å². The molecule has 1 aromatic carbocycles. The quantitative estimate of drug-likeness (QED) is 0.388. The minimum atomic E-state index is -0.302. The smallest absolute Gasteiger partial charge is 0.131 e. The molecule has 0 saturated carbocycles. The van der Waals surface area contributed by atoms with E-state index in [1.807, 2.05) is 45.2 Å². The number of aryl methyl sites for hydroxylation is 1. The molecule has 192 valence electrons. The number of hydrogen-bond acceptors (Lipinski definition) is 5. The van der Waals surface area contributed by atoms with Crippen LogP contribution in [0.4, 0.5) is 10.2 Å². The fraction of sp³-hybridized carbons (Fsp3) is 0.379.